The second-order valence-electron chi connectivity index (χ2n) is 6.27. The summed E-state index contributed by atoms with van der Waals surface area (Å²) in [6, 6.07) is 21.5. The van der Waals surface area contributed by atoms with Gasteiger partial charge in [-0.1, -0.05) is 87.8 Å². The Bertz CT molecular complexity index is 527. The first-order valence-electron chi connectivity index (χ1n) is 8.58. The minimum atomic E-state index is -0.688. The molecule has 0 radical (unpaired) electrons. The largest absolute Gasteiger partial charge is 0.345 e. The third-order valence-corrected chi connectivity index (χ3v) is 8.99. The molecule has 2 aromatic rings. The molecule has 0 spiro atoms. The number of hydrogen-bond donors (Lipinski definition) is 0. The van der Waals surface area contributed by atoms with Crippen LogP contribution in [0.2, 0.25) is 0 Å². The molecule has 0 N–H and O–H groups in total. The van der Waals surface area contributed by atoms with Crippen LogP contribution >= 0.6 is 16.1 Å². The van der Waals surface area contributed by atoms with Crippen molar-refractivity contribution in [1.29, 1.82) is 0 Å². The first-order chi connectivity index (χ1) is 11.3. The smallest absolute Gasteiger partial charge is 0.0922 e. The van der Waals surface area contributed by atoms with Gasteiger partial charge in [-0.3, -0.25) is 0 Å². The zero-order valence-electron chi connectivity index (χ0n) is 13.9. The van der Waals surface area contributed by atoms with Crippen LogP contribution in [0.15, 0.2) is 60.7 Å². The van der Waals surface area contributed by atoms with Crippen molar-refractivity contribution in [3.8, 4) is 0 Å². The Morgan fingerprint density at radius 2 is 1.35 bits per heavy atom. The average molecular weight is 344 g/mol. The van der Waals surface area contributed by atoms with Gasteiger partial charge in [-0.2, -0.15) is 0 Å². The molecule has 1 atom stereocenters. The van der Waals surface area contributed by atoms with E-state index in [1.165, 1.54) is 42.7 Å². The Balaban J connectivity index is 1.69. The summed E-state index contributed by atoms with van der Waals surface area (Å²) in [5.74, 6) is 0. The lowest BCUT2D eigenvalue weighted by Crippen LogP contribution is -2.16. The van der Waals surface area contributed by atoms with Crippen LogP contribution in [-0.4, -0.2) is 18.7 Å². The van der Waals surface area contributed by atoms with Gasteiger partial charge < -0.3 is 4.52 Å². The topological polar surface area (TPSA) is 9.23 Å². The molecule has 0 aromatic heterocycles. The number of rotatable bonds is 6. The van der Waals surface area contributed by atoms with E-state index in [-0.39, 0.29) is 7.92 Å². The summed E-state index contributed by atoms with van der Waals surface area (Å²) in [4.78, 5) is 0. The molecule has 1 aliphatic carbocycles. The molecular weight excluding hydrogens is 318 g/mol. The highest BCUT2D eigenvalue weighted by Gasteiger charge is 2.22. The fourth-order valence-electron chi connectivity index (χ4n) is 3.20. The molecule has 0 amide bonds. The Hall–Kier alpha value is -0.740. The first-order valence-corrected chi connectivity index (χ1v) is 11.9. The molecule has 3 rings (SSSR count). The fourth-order valence-corrected chi connectivity index (χ4v) is 7.33. The molecule has 2 aromatic carbocycles. The van der Waals surface area contributed by atoms with Crippen molar-refractivity contribution in [1.82, 2.24) is 0 Å². The summed E-state index contributed by atoms with van der Waals surface area (Å²) in [5.41, 5.74) is 0.919. The van der Waals surface area contributed by atoms with Gasteiger partial charge in [0.25, 0.3) is 0 Å². The fraction of sp³-hybridized carbons (Fsp3) is 0.400. The predicted octanol–water partition coefficient (Wildman–Crippen LogP) is 5.45. The summed E-state index contributed by atoms with van der Waals surface area (Å²) in [6.07, 6.45) is 8.05. The van der Waals surface area contributed by atoms with E-state index in [9.17, 15) is 0 Å². The minimum Gasteiger partial charge on any atom is -0.345 e. The van der Waals surface area contributed by atoms with Crippen LogP contribution in [0.4, 0.5) is 0 Å². The quantitative estimate of drug-likeness (QED) is 0.633. The maximum Gasteiger partial charge on any atom is 0.0922 e. The molecule has 1 aliphatic rings. The molecule has 1 fully saturated rings. The maximum atomic E-state index is 6.52. The van der Waals surface area contributed by atoms with E-state index in [0.29, 0.717) is 0 Å². The Kier molecular flexibility index (Phi) is 6.64. The van der Waals surface area contributed by atoms with Gasteiger partial charge in [0.1, 0.15) is 0 Å². The molecule has 0 heterocycles. The van der Waals surface area contributed by atoms with Gasteiger partial charge in [-0.25, -0.2) is 0 Å². The van der Waals surface area contributed by atoms with Crippen molar-refractivity contribution in [2.75, 3.05) is 13.0 Å². The summed E-state index contributed by atoms with van der Waals surface area (Å²) < 4.78 is 6.52. The van der Waals surface area contributed by atoms with Crippen molar-refractivity contribution >= 4 is 26.7 Å². The highest BCUT2D eigenvalue weighted by Crippen LogP contribution is 2.48. The van der Waals surface area contributed by atoms with Gasteiger partial charge in [0.15, 0.2) is 0 Å². The van der Waals surface area contributed by atoms with Gasteiger partial charge >= 0.3 is 0 Å². The summed E-state index contributed by atoms with van der Waals surface area (Å²) in [7, 11) is -0.706. The van der Waals surface area contributed by atoms with Gasteiger partial charge in [-0.15, -0.1) is 0 Å². The second-order valence-corrected chi connectivity index (χ2v) is 10.7. The lowest BCUT2D eigenvalue weighted by Gasteiger charge is -2.29. The van der Waals surface area contributed by atoms with Crippen molar-refractivity contribution < 1.29 is 4.52 Å². The SMILES string of the molecule is CP(COP(c1ccccc1)c1ccccc1)C1CCCCC1. The van der Waals surface area contributed by atoms with E-state index in [0.717, 1.165) is 12.0 Å². The van der Waals surface area contributed by atoms with Crippen LogP contribution in [0.3, 0.4) is 0 Å². The van der Waals surface area contributed by atoms with Crippen LogP contribution in [0.5, 0.6) is 0 Å². The highest BCUT2D eigenvalue weighted by atomic mass is 31.1. The summed E-state index contributed by atoms with van der Waals surface area (Å²) >= 11 is 0. The molecule has 122 valence electrons. The van der Waals surface area contributed by atoms with E-state index >= 15 is 0 Å². The molecule has 23 heavy (non-hydrogen) atoms. The van der Waals surface area contributed by atoms with Crippen LogP contribution in [0.1, 0.15) is 32.1 Å². The standard InChI is InChI=1S/C20H26OP2/c1-22(18-11-5-2-6-12-18)17-21-23(19-13-7-3-8-14-19)20-15-9-4-10-16-20/h3-4,7-10,13-16,18H,2,5-6,11-12,17H2,1H3. The van der Waals surface area contributed by atoms with Crippen LogP contribution in [-0.2, 0) is 4.52 Å². The monoisotopic (exact) mass is 344 g/mol. The third-order valence-electron chi connectivity index (χ3n) is 4.57. The Morgan fingerprint density at radius 3 is 1.87 bits per heavy atom. The van der Waals surface area contributed by atoms with E-state index < -0.39 is 8.15 Å². The van der Waals surface area contributed by atoms with Crippen LogP contribution < -0.4 is 10.6 Å². The Morgan fingerprint density at radius 1 is 0.826 bits per heavy atom. The minimum absolute atomic E-state index is 0.0180. The zero-order valence-corrected chi connectivity index (χ0v) is 15.7. The van der Waals surface area contributed by atoms with Crippen molar-refractivity contribution in [2.45, 2.75) is 37.8 Å². The molecule has 0 bridgehead atoms. The normalized spacial score (nSPS) is 17.3. The molecule has 1 nitrogen and oxygen atoms in total. The first kappa shape index (κ1) is 17.1. The summed E-state index contributed by atoms with van der Waals surface area (Å²) in [5, 5.41) is 2.64. The highest BCUT2D eigenvalue weighted by molar-refractivity contribution is 7.69. The predicted molar refractivity (Wildman–Crippen MR) is 105 cm³/mol. The molecule has 3 heteroatoms. The van der Waals surface area contributed by atoms with Crippen molar-refractivity contribution in [2.24, 2.45) is 0 Å². The van der Waals surface area contributed by atoms with Crippen molar-refractivity contribution in [3.05, 3.63) is 60.7 Å². The van der Waals surface area contributed by atoms with E-state index in [4.69, 9.17) is 4.52 Å². The number of benzene rings is 2. The molecule has 1 saturated carbocycles. The zero-order chi connectivity index (χ0) is 15.9. The third kappa shape index (κ3) is 4.87. The van der Waals surface area contributed by atoms with Crippen LogP contribution in [0.25, 0.3) is 0 Å². The second kappa shape index (κ2) is 8.93. The van der Waals surface area contributed by atoms with Gasteiger partial charge in [-0.05, 0) is 25.2 Å². The van der Waals surface area contributed by atoms with Gasteiger partial charge in [0.2, 0.25) is 0 Å². The van der Waals surface area contributed by atoms with E-state index in [1.54, 1.807) is 0 Å². The van der Waals surface area contributed by atoms with E-state index in [2.05, 4.69) is 67.3 Å². The lowest BCUT2D eigenvalue weighted by atomic mass is 10.0. The van der Waals surface area contributed by atoms with E-state index in [1.807, 2.05) is 0 Å². The average Bonchev–Trinajstić information content (AvgIpc) is 2.64. The summed E-state index contributed by atoms with van der Waals surface area (Å²) in [6.45, 7) is 2.44. The maximum absolute atomic E-state index is 6.52. The molecule has 1 unspecified atom stereocenters. The molecular formula is C20H26OP2. The number of hydrogen-bond acceptors (Lipinski definition) is 1. The lowest BCUT2D eigenvalue weighted by molar-refractivity contribution is 0.435. The van der Waals surface area contributed by atoms with Gasteiger partial charge in [0.05, 0.1) is 14.5 Å². The Labute approximate surface area is 143 Å². The molecule has 0 saturated heterocycles. The molecule has 0 aliphatic heterocycles. The van der Waals surface area contributed by atoms with Crippen molar-refractivity contribution in [3.63, 3.8) is 0 Å². The van der Waals surface area contributed by atoms with Gasteiger partial charge in [0, 0.05) is 10.6 Å². The van der Waals surface area contributed by atoms with Crippen LogP contribution in [0, 0.1) is 0 Å².